The number of aliphatic imine (C=N–C) groups is 1. The fourth-order valence-electron chi connectivity index (χ4n) is 3.26. The van der Waals surface area contributed by atoms with E-state index < -0.39 is 6.04 Å². The quantitative estimate of drug-likeness (QED) is 0.397. The van der Waals surface area contributed by atoms with Gasteiger partial charge in [0.25, 0.3) is 0 Å². The van der Waals surface area contributed by atoms with Crippen LogP contribution in [0.4, 0.5) is 17.3 Å². The molecule has 3 heterocycles. The second kappa shape index (κ2) is 6.34. The number of nitriles is 2. The average Bonchev–Trinajstić information content (AvgIpc) is 3.10. The van der Waals surface area contributed by atoms with Crippen LogP contribution in [0.1, 0.15) is 28.3 Å². The molecule has 1 unspecified atom stereocenters. The second-order valence-corrected chi connectivity index (χ2v) is 6.85. The van der Waals surface area contributed by atoms with Crippen LogP contribution < -0.4 is 26.8 Å². The highest BCUT2D eigenvalue weighted by Gasteiger charge is 2.31. The molecule has 27 heavy (non-hydrogen) atoms. The predicted octanol–water partition coefficient (Wildman–Crippen LogP) is 1.76. The Balaban J connectivity index is 1.94. The lowest BCUT2D eigenvalue weighted by molar-refractivity contribution is 0.355. The Morgan fingerprint density at radius 2 is 2.15 bits per heavy atom. The first-order chi connectivity index (χ1) is 13.0. The fraction of sp³-hybridized carbons (Fsp3) is 0.176. The summed E-state index contributed by atoms with van der Waals surface area (Å²) in [6, 6.07) is 5.30. The molecule has 0 radical (unpaired) electrons. The van der Waals surface area contributed by atoms with Crippen molar-refractivity contribution in [3.63, 3.8) is 0 Å². The molecule has 1 aromatic carbocycles. The van der Waals surface area contributed by atoms with Crippen LogP contribution in [0.3, 0.4) is 0 Å². The molecule has 2 aliphatic rings. The van der Waals surface area contributed by atoms with E-state index in [0.29, 0.717) is 18.0 Å². The third kappa shape index (κ3) is 2.67. The molecule has 1 atom stereocenters. The lowest BCUT2D eigenvalue weighted by atomic mass is 9.93. The van der Waals surface area contributed by atoms with Crippen LogP contribution in [0.5, 0.6) is 5.75 Å². The topological polar surface area (TPSA) is 158 Å². The van der Waals surface area contributed by atoms with E-state index in [0.717, 1.165) is 27.8 Å². The first-order valence-electron chi connectivity index (χ1n) is 7.97. The molecule has 0 aliphatic carbocycles. The Labute approximate surface area is 162 Å². The minimum atomic E-state index is -0.570. The number of hydrogen-bond acceptors (Lipinski definition) is 9. The first kappa shape index (κ1) is 16.9. The summed E-state index contributed by atoms with van der Waals surface area (Å²) in [5, 5.41) is 23.7. The summed E-state index contributed by atoms with van der Waals surface area (Å²) in [5.41, 5.74) is 14.8. The Kier molecular flexibility index (Phi) is 3.98. The maximum Gasteiger partial charge on any atom is 0.211 e. The number of anilines is 3. The Morgan fingerprint density at radius 1 is 1.33 bits per heavy atom. The van der Waals surface area contributed by atoms with Crippen LogP contribution in [0.15, 0.2) is 21.6 Å². The first-order valence-corrected chi connectivity index (χ1v) is 8.76. The van der Waals surface area contributed by atoms with Crippen molar-refractivity contribution in [3.8, 4) is 18.0 Å². The molecule has 134 valence electrons. The molecule has 2 aliphatic heterocycles. The van der Waals surface area contributed by atoms with Gasteiger partial charge in [0.1, 0.15) is 35.1 Å². The van der Waals surface area contributed by atoms with Crippen molar-refractivity contribution in [1.29, 1.82) is 10.5 Å². The largest absolute Gasteiger partial charge is 0.492 e. The van der Waals surface area contributed by atoms with Gasteiger partial charge in [-0.15, -0.1) is 0 Å². The zero-order chi connectivity index (χ0) is 19.1. The molecule has 0 saturated heterocycles. The molecule has 0 bridgehead atoms. The predicted molar refractivity (Wildman–Crippen MR) is 103 cm³/mol. The van der Waals surface area contributed by atoms with Crippen molar-refractivity contribution in [2.75, 3.05) is 23.4 Å². The molecular weight excluding hydrogens is 412 g/mol. The van der Waals surface area contributed by atoms with Gasteiger partial charge in [0.05, 0.1) is 16.8 Å². The number of hydrogen-bond donors (Lipinski definition) is 4. The van der Waals surface area contributed by atoms with E-state index in [1.54, 1.807) is 0 Å². The summed E-state index contributed by atoms with van der Waals surface area (Å²) in [4.78, 5) is 8.80. The van der Waals surface area contributed by atoms with Crippen molar-refractivity contribution in [3.05, 3.63) is 38.9 Å². The van der Waals surface area contributed by atoms with E-state index in [1.165, 1.54) is 0 Å². The van der Waals surface area contributed by atoms with Gasteiger partial charge in [-0.2, -0.15) is 10.5 Å². The highest BCUT2D eigenvalue weighted by atomic mass is 79.9. The van der Waals surface area contributed by atoms with Crippen LogP contribution in [-0.2, 0) is 6.42 Å². The molecule has 4 rings (SSSR count). The van der Waals surface area contributed by atoms with Crippen LogP contribution >= 0.6 is 15.9 Å². The standard InChI is InChI=1S/C17H13BrN8O/c18-10-4-8(3-7-1-2-27-14(7)10)13-11-12(21)9(5-19)15(22)25-16(11)26-17(24-13)23-6-20/h3-4,13H,1-2H2,(H6,21,22,23,24,25,26). The highest BCUT2D eigenvalue weighted by Crippen LogP contribution is 2.43. The summed E-state index contributed by atoms with van der Waals surface area (Å²) in [6.07, 6.45) is 2.61. The average molecular weight is 425 g/mol. The minimum Gasteiger partial charge on any atom is -0.492 e. The van der Waals surface area contributed by atoms with E-state index in [1.807, 2.05) is 24.4 Å². The van der Waals surface area contributed by atoms with Gasteiger partial charge in [-0.3, -0.25) is 5.32 Å². The zero-order valence-electron chi connectivity index (χ0n) is 13.9. The maximum atomic E-state index is 9.38. The number of nitrogens with one attached hydrogen (secondary N) is 2. The van der Waals surface area contributed by atoms with E-state index in [-0.39, 0.29) is 23.0 Å². The monoisotopic (exact) mass is 424 g/mol. The Hall–Kier alpha value is -3.50. The number of nitrogens with zero attached hydrogens (tertiary/aromatic N) is 4. The van der Waals surface area contributed by atoms with Gasteiger partial charge >= 0.3 is 0 Å². The number of guanidine groups is 1. The summed E-state index contributed by atoms with van der Waals surface area (Å²) in [5.74, 6) is 1.41. The van der Waals surface area contributed by atoms with E-state index in [9.17, 15) is 5.26 Å². The molecule has 0 spiro atoms. The van der Waals surface area contributed by atoms with Crippen LogP contribution in [0.25, 0.3) is 0 Å². The smallest absolute Gasteiger partial charge is 0.211 e. The van der Waals surface area contributed by atoms with Crippen LogP contribution in [0, 0.1) is 22.8 Å². The second-order valence-electron chi connectivity index (χ2n) is 5.99. The summed E-state index contributed by atoms with van der Waals surface area (Å²) in [7, 11) is 0. The summed E-state index contributed by atoms with van der Waals surface area (Å²) >= 11 is 3.53. The maximum absolute atomic E-state index is 9.38. The van der Waals surface area contributed by atoms with Crippen molar-refractivity contribution in [1.82, 2.24) is 10.3 Å². The number of benzene rings is 1. The van der Waals surface area contributed by atoms with Gasteiger partial charge < -0.3 is 21.5 Å². The van der Waals surface area contributed by atoms with Gasteiger partial charge in [0, 0.05) is 12.0 Å². The molecule has 0 saturated carbocycles. The molecule has 1 aromatic heterocycles. The Bertz CT molecular complexity index is 1080. The molecule has 9 nitrogen and oxygen atoms in total. The highest BCUT2D eigenvalue weighted by molar-refractivity contribution is 9.10. The number of halogens is 1. The number of nitrogens with two attached hydrogens (primary N) is 2. The van der Waals surface area contributed by atoms with Gasteiger partial charge in [0.2, 0.25) is 5.96 Å². The van der Waals surface area contributed by atoms with Gasteiger partial charge in [-0.1, -0.05) is 0 Å². The normalized spacial score (nSPS) is 16.7. The van der Waals surface area contributed by atoms with Gasteiger partial charge in [-0.25, -0.2) is 9.98 Å². The molecule has 0 fully saturated rings. The zero-order valence-corrected chi connectivity index (χ0v) is 15.5. The van der Waals surface area contributed by atoms with E-state index in [4.69, 9.17) is 21.5 Å². The number of pyridine rings is 1. The molecule has 0 amide bonds. The minimum absolute atomic E-state index is 0.0155. The number of rotatable bonds is 1. The van der Waals surface area contributed by atoms with Crippen molar-refractivity contribution in [2.24, 2.45) is 4.99 Å². The van der Waals surface area contributed by atoms with Crippen LogP contribution in [0.2, 0.25) is 0 Å². The van der Waals surface area contributed by atoms with Crippen molar-refractivity contribution < 1.29 is 4.74 Å². The fourth-order valence-corrected chi connectivity index (χ4v) is 3.90. The van der Waals surface area contributed by atoms with E-state index >= 15 is 0 Å². The Morgan fingerprint density at radius 3 is 2.89 bits per heavy atom. The van der Waals surface area contributed by atoms with Crippen molar-refractivity contribution >= 4 is 39.2 Å². The van der Waals surface area contributed by atoms with Crippen LogP contribution in [-0.4, -0.2) is 17.6 Å². The third-order valence-corrected chi connectivity index (χ3v) is 5.02. The number of ether oxygens (including phenoxy) is 1. The number of fused-ring (bicyclic) bond motifs is 2. The van der Waals surface area contributed by atoms with Gasteiger partial charge in [-0.05, 0) is 39.2 Å². The van der Waals surface area contributed by atoms with E-state index in [2.05, 4.69) is 36.5 Å². The number of nitrogen functional groups attached to an aromatic ring is 2. The van der Waals surface area contributed by atoms with Gasteiger partial charge in [0.15, 0.2) is 6.19 Å². The molecule has 10 heteroatoms. The lowest BCUT2D eigenvalue weighted by Crippen LogP contribution is -2.32. The lowest BCUT2D eigenvalue weighted by Gasteiger charge is -2.26. The summed E-state index contributed by atoms with van der Waals surface area (Å²) < 4.78 is 6.44. The third-order valence-electron chi connectivity index (χ3n) is 4.43. The SMILES string of the molecule is N#CNC1=NC(c2cc(Br)c3c(c2)CCO3)c2c(nc(N)c(C#N)c2N)N1. The molecule has 6 N–H and O–H groups in total. The van der Waals surface area contributed by atoms with Crippen molar-refractivity contribution in [2.45, 2.75) is 12.5 Å². The molecule has 2 aromatic rings. The molecular formula is C17H13BrN8O. The summed E-state index contributed by atoms with van der Waals surface area (Å²) in [6.45, 7) is 0.615. The number of aromatic nitrogens is 1.